The number of rotatable bonds is 4. The maximum Gasteiger partial charge on any atom is 0.422 e. The number of nitrogens with one attached hydrogen (secondary N) is 1. The molecule has 2 N–H and O–H groups in total. The van der Waals surface area contributed by atoms with Crippen LogP contribution in [0.25, 0.3) is 0 Å². The molecule has 0 saturated carbocycles. The summed E-state index contributed by atoms with van der Waals surface area (Å²) in [4.78, 5) is 22.3. The van der Waals surface area contributed by atoms with Crippen LogP contribution in [0.1, 0.15) is 20.8 Å². The lowest BCUT2D eigenvalue weighted by molar-refractivity contribution is -0.207. The molecule has 0 aliphatic heterocycles. The third-order valence-electron chi connectivity index (χ3n) is 2.83. The maximum atomic E-state index is 12.7. The van der Waals surface area contributed by atoms with E-state index >= 15 is 0 Å². The molecule has 6 nitrogen and oxygen atoms in total. The summed E-state index contributed by atoms with van der Waals surface area (Å²) in [5.74, 6) is -3.88. The van der Waals surface area contributed by atoms with E-state index in [1.165, 1.54) is 5.32 Å². The van der Waals surface area contributed by atoms with Gasteiger partial charge in [0.1, 0.15) is 4.75 Å². The Kier molecular flexibility index (Phi) is 4.33. The Morgan fingerprint density at radius 1 is 1.11 bits per heavy atom. The Morgan fingerprint density at radius 2 is 1.47 bits per heavy atom. The largest absolute Gasteiger partial charge is 0.479 e. The van der Waals surface area contributed by atoms with Crippen molar-refractivity contribution in [1.29, 1.82) is 0 Å². The molecule has 1 unspecified atom stereocenters. The van der Waals surface area contributed by atoms with Crippen LogP contribution in [-0.4, -0.2) is 48.1 Å². The average molecular weight is 305 g/mol. The highest BCUT2D eigenvalue weighted by Crippen LogP contribution is 2.31. The van der Waals surface area contributed by atoms with E-state index in [-0.39, 0.29) is 6.92 Å². The van der Waals surface area contributed by atoms with Gasteiger partial charge in [0.15, 0.2) is 9.84 Å². The summed E-state index contributed by atoms with van der Waals surface area (Å²) < 4.78 is 58.4. The van der Waals surface area contributed by atoms with Crippen LogP contribution in [-0.2, 0) is 19.4 Å². The first-order valence-electron chi connectivity index (χ1n) is 4.89. The van der Waals surface area contributed by atoms with Crippen molar-refractivity contribution in [3.05, 3.63) is 0 Å². The number of carboxylic acid groups (broad SMARTS) is 1. The molecular weight excluding hydrogens is 291 g/mol. The standard InChI is InChI=1S/C9H14F3NO5S/c1-7(2,19(4,17)18)5(14)13-8(3,6(15)16)9(10,11)12/h1-4H3,(H,13,14)(H,15,16). The highest BCUT2D eigenvalue weighted by molar-refractivity contribution is 7.92. The van der Waals surface area contributed by atoms with Gasteiger partial charge in [0, 0.05) is 6.26 Å². The number of aliphatic carboxylic acids is 1. The zero-order valence-electron chi connectivity index (χ0n) is 10.6. The van der Waals surface area contributed by atoms with Crippen LogP contribution >= 0.6 is 0 Å². The maximum absolute atomic E-state index is 12.7. The van der Waals surface area contributed by atoms with Crippen molar-refractivity contribution >= 4 is 21.7 Å². The van der Waals surface area contributed by atoms with E-state index in [4.69, 9.17) is 5.11 Å². The summed E-state index contributed by atoms with van der Waals surface area (Å²) in [6.07, 6.45) is -4.61. The Hall–Kier alpha value is -1.32. The number of hydrogen-bond acceptors (Lipinski definition) is 4. The second-order valence-corrected chi connectivity index (χ2v) is 7.23. The normalized spacial score (nSPS) is 16.6. The summed E-state index contributed by atoms with van der Waals surface area (Å²) in [6, 6.07) is 0. The van der Waals surface area contributed by atoms with Crippen LogP contribution in [0.15, 0.2) is 0 Å². The van der Waals surface area contributed by atoms with Gasteiger partial charge >= 0.3 is 12.1 Å². The number of alkyl halides is 3. The SMILES string of the molecule is CC(NC(=O)C(C)(C)S(C)(=O)=O)(C(=O)O)C(F)(F)F. The van der Waals surface area contributed by atoms with Crippen molar-refractivity contribution in [2.75, 3.05) is 6.26 Å². The molecule has 0 aliphatic rings. The van der Waals surface area contributed by atoms with Gasteiger partial charge in [0.25, 0.3) is 0 Å². The minimum absolute atomic E-state index is 0.242. The van der Waals surface area contributed by atoms with Crippen LogP contribution < -0.4 is 5.32 Å². The van der Waals surface area contributed by atoms with Gasteiger partial charge in [-0.1, -0.05) is 0 Å². The van der Waals surface area contributed by atoms with Gasteiger partial charge in [-0.3, -0.25) is 4.79 Å². The first-order chi connectivity index (χ1) is 8.07. The Labute approximate surface area is 107 Å². The second-order valence-electron chi connectivity index (χ2n) is 4.66. The van der Waals surface area contributed by atoms with Crippen molar-refractivity contribution in [3.8, 4) is 0 Å². The molecule has 0 bridgehead atoms. The van der Waals surface area contributed by atoms with E-state index in [1.54, 1.807) is 0 Å². The Balaban J connectivity index is 5.57. The van der Waals surface area contributed by atoms with Gasteiger partial charge < -0.3 is 10.4 Å². The molecule has 19 heavy (non-hydrogen) atoms. The quantitative estimate of drug-likeness (QED) is 0.779. The smallest absolute Gasteiger partial charge is 0.422 e. The zero-order chi connectivity index (χ0) is 15.9. The molecule has 0 rings (SSSR count). The minimum atomic E-state index is -5.28. The first-order valence-corrected chi connectivity index (χ1v) is 6.79. The number of sulfone groups is 1. The summed E-state index contributed by atoms with van der Waals surface area (Å²) in [7, 11) is -4.02. The summed E-state index contributed by atoms with van der Waals surface area (Å²) in [5, 5.41) is 9.84. The highest BCUT2D eigenvalue weighted by Gasteiger charge is 2.60. The lowest BCUT2D eigenvalue weighted by Crippen LogP contribution is -2.65. The van der Waals surface area contributed by atoms with E-state index in [1.807, 2.05) is 0 Å². The van der Waals surface area contributed by atoms with Crippen LogP contribution in [0.3, 0.4) is 0 Å². The van der Waals surface area contributed by atoms with Gasteiger partial charge in [-0.05, 0) is 20.8 Å². The highest BCUT2D eigenvalue weighted by atomic mass is 32.2. The van der Waals surface area contributed by atoms with Gasteiger partial charge in [0.2, 0.25) is 11.4 Å². The molecule has 0 saturated heterocycles. The number of amides is 1. The van der Waals surface area contributed by atoms with Gasteiger partial charge in [-0.25, -0.2) is 13.2 Å². The first kappa shape index (κ1) is 17.7. The van der Waals surface area contributed by atoms with Crippen molar-refractivity contribution < 1.29 is 36.3 Å². The van der Waals surface area contributed by atoms with Gasteiger partial charge in [-0.15, -0.1) is 0 Å². The molecule has 1 amide bonds. The van der Waals surface area contributed by atoms with E-state index in [2.05, 4.69) is 0 Å². The second kappa shape index (κ2) is 4.66. The molecule has 0 spiro atoms. The van der Waals surface area contributed by atoms with Crippen LogP contribution in [0.4, 0.5) is 13.2 Å². The third kappa shape index (κ3) is 3.17. The Morgan fingerprint density at radius 3 is 1.68 bits per heavy atom. The molecule has 0 heterocycles. The molecule has 0 aromatic heterocycles. The third-order valence-corrected chi connectivity index (χ3v) is 4.87. The molecule has 112 valence electrons. The topological polar surface area (TPSA) is 101 Å². The Bertz CT molecular complexity index is 496. The molecule has 0 radical (unpaired) electrons. The molecule has 0 fully saturated rings. The van der Waals surface area contributed by atoms with E-state index in [9.17, 15) is 31.2 Å². The van der Waals surface area contributed by atoms with E-state index in [0.717, 1.165) is 13.8 Å². The van der Waals surface area contributed by atoms with E-state index in [0.29, 0.717) is 6.26 Å². The lowest BCUT2D eigenvalue weighted by Gasteiger charge is -2.32. The average Bonchev–Trinajstić information content (AvgIpc) is 2.13. The van der Waals surface area contributed by atoms with Crippen LogP contribution in [0.5, 0.6) is 0 Å². The molecule has 0 aliphatic carbocycles. The number of hydrogen-bond donors (Lipinski definition) is 2. The van der Waals surface area contributed by atoms with E-state index < -0.39 is 38.2 Å². The lowest BCUT2D eigenvalue weighted by atomic mass is 10.0. The fourth-order valence-electron chi connectivity index (χ4n) is 0.792. The van der Waals surface area contributed by atoms with Gasteiger partial charge in [0.05, 0.1) is 0 Å². The van der Waals surface area contributed by atoms with Crippen molar-refractivity contribution in [1.82, 2.24) is 5.32 Å². The number of carboxylic acids is 1. The van der Waals surface area contributed by atoms with Crippen LogP contribution in [0.2, 0.25) is 0 Å². The predicted molar refractivity (Wildman–Crippen MR) is 59.2 cm³/mol. The van der Waals surface area contributed by atoms with Crippen molar-refractivity contribution in [3.63, 3.8) is 0 Å². The monoisotopic (exact) mass is 305 g/mol. The molecule has 0 aromatic rings. The fourth-order valence-corrected chi connectivity index (χ4v) is 1.18. The fraction of sp³-hybridized carbons (Fsp3) is 0.778. The predicted octanol–water partition coefficient (Wildman–Crippen LogP) is 0.331. The molecule has 10 heteroatoms. The molecular formula is C9H14F3NO5S. The number of carbonyl (C=O) groups excluding carboxylic acids is 1. The van der Waals surface area contributed by atoms with Gasteiger partial charge in [-0.2, -0.15) is 13.2 Å². The number of halogens is 3. The molecule has 1 atom stereocenters. The molecule has 0 aromatic carbocycles. The summed E-state index contributed by atoms with van der Waals surface area (Å²) in [6.45, 7) is 2.01. The van der Waals surface area contributed by atoms with Crippen molar-refractivity contribution in [2.24, 2.45) is 0 Å². The zero-order valence-corrected chi connectivity index (χ0v) is 11.4. The number of carbonyl (C=O) groups is 2. The summed E-state index contributed by atoms with van der Waals surface area (Å²) >= 11 is 0. The van der Waals surface area contributed by atoms with Crippen molar-refractivity contribution in [2.45, 2.75) is 37.2 Å². The minimum Gasteiger partial charge on any atom is -0.479 e. The summed E-state index contributed by atoms with van der Waals surface area (Å²) in [5.41, 5.74) is -3.56. The van der Waals surface area contributed by atoms with Crippen LogP contribution in [0, 0.1) is 0 Å².